The molecule has 2 atom stereocenters. The number of unbranched alkanes of at least 4 members (excludes halogenated alkanes) is 54. The third kappa shape index (κ3) is 69.1. The van der Waals surface area contributed by atoms with Crippen LogP contribution in [0.15, 0.2) is 36.5 Å². The Bertz CT molecular complexity index is 1340. The zero-order chi connectivity index (χ0) is 59.9. The van der Waals surface area contributed by atoms with Gasteiger partial charge in [0.05, 0.1) is 25.4 Å². The van der Waals surface area contributed by atoms with Crippen molar-refractivity contribution in [2.45, 2.75) is 431 Å². The normalized spacial score (nSPS) is 12.7. The van der Waals surface area contributed by atoms with E-state index in [1.807, 2.05) is 0 Å². The highest BCUT2D eigenvalue weighted by Crippen LogP contribution is 2.19. The van der Waals surface area contributed by atoms with E-state index in [1.54, 1.807) is 0 Å². The predicted octanol–water partition coefficient (Wildman–Crippen LogP) is 24.7. The molecule has 83 heavy (non-hydrogen) atoms. The van der Waals surface area contributed by atoms with E-state index in [2.05, 4.69) is 55.6 Å². The highest BCUT2D eigenvalue weighted by atomic mass is 16.5. The zero-order valence-electron chi connectivity index (χ0n) is 56.2. The minimum Gasteiger partial charge on any atom is -0.466 e. The first-order chi connectivity index (χ1) is 41.0. The molecule has 0 aliphatic carbocycles. The molecular formula is C77H147NO5. The van der Waals surface area contributed by atoms with E-state index in [0.717, 1.165) is 51.4 Å². The molecule has 0 bridgehead atoms. The van der Waals surface area contributed by atoms with Gasteiger partial charge in [0.25, 0.3) is 0 Å². The number of allylic oxidation sites excluding steroid dienone is 6. The van der Waals surface area contributed by atoms with Crippen LogP contribution < -0.4 is 5.32 Å². The molecule has 0 radical (unpaired) electrons. The lowest BCUT2D eigenvalue weighted by molar-refractivity contribution is -0.143. The predicted molar refractivity (Wildman–Crippen MR) is 366 cm³/mol. The summed E-state index contributed by atoms with van der Waals surface area (Å²) in [6.07, 6.45) is 93.6. The maximum Gasteiger partial charge on any atom is 0.305 e. The number of nitrogens with one attached hydrogen (secondary N) is 1. The molecule has 0 aromatic rings. The fraction of sp³-hybridized carbons (Fsp3) is 0.896. The highest BCUT2D eigenvalue weighted by molar-refractivity contribution is 5.76. The molecule has 0 spiro atoms. The van der Waals surface area contributed by atoms with Gasteiger partial charge in [-0.2, -0.15) is 0 Å². The Kier molecular flexibility index (Phi) is 70.9. The Hall–Kier alpha value is -1.92. The van der Waals surface area contributed by atoms with Crippen molar-refractivity contribution in [3.63, 3.8) is 0 Å². The SMILES string of the molecule is CCCC/C=C\CCCCCCCC(=O)OCCCCCCCCCCC/C=C\C/C=C\CCCCCCCCCCCCCCCCCCCC(=O)NC(CO)C(O)CCCCCCCCCCCCCCCCCCCCCCCC. The van der Waals surface area contributed by atoms with Crippen LogP contribution in [0.4, 0.5) is 0 Å². The Labute approximate surface area is 519 Å². The van der Waals surface area contributed by atoms with Crippen LogP contribution in [0, 0.1) is 0 Å². The summed E-state index contributed by atoms with van der Waals surface area (Å²) >= 11 is 0. The summed E-state index contributed by atoms with van der Waals surface area (Å²) in [6, 6.07) is -0.541. The number of hydrogen-bond donors (Lipinski definition) is 3. The minimum atomic E-state index is -0.664. The molecule has 1 amide bonds. The third-order valence-corrected chi connectivity index (χ3v) is 17.7. The smallest absolute Gasteiger partial charge is 0.305 e. The zero-order valence-corrected chi connectivity index (χ0v) is 56.2. The number of amides is 1. The maximum atomic E-state index is 12.6. The number of ether oxygens (including phenoxy) is 1. The third-order valence-electron chi connectivity index (χ3n) is 17.7. The summed E-state index contributed by atoms with van der Waals surface area (Å²) in [7, 11) is 0. The van der Waals surface area contributed by atoms with Gasteiger partial charge in [-0.25, -0.2) is 0 Å². The molecule has 0 rings (SSSR count). The van der Waals surface area contributed by atoms with E-state index in [0.29, 0.717) is 25.9 Å². The van der Waals surface area contributed by atoms with E-state index in [1.165, 1.54) is 334 Å². The van der Waals surface area contributed by atoms with Gasteiger partial charge in [0, 0.05) is 12.8 Å². The molecule has 0 saturated heterocycles. The standard InChI is InChI=1S/C77H147NO5/c1-3-5-7-9-11-13-15-16-17-18-19-20-34-37-40-43-46-50-53-57-61-65-69-75(80)74(73-79)78-76(81)70-66-62-58-54-51-47-44-41-38-35-32-30-28-26-24-22-21-23-25-27-29-31-33-36-39-42-45-48-52-56-60-64-68-72-83-77(82)71-67-63-59-55-49-14-12-10-8-6-4-2/h10,12,25,27,31,33,74-75,79-80H,3-9,11,13-24,26,28-30,32,34-73H2,1-2H3,(H,78,81)/b12-10-,27-25-,33-31-. The first kappa shape index (κ1) is 81.1. The van der Waals surface area contributed by atoms with Crippen LogP contribution in [0.5, 0.6) is 0 Å². The lowest BCUT2D eigenvalue weighted by Gasteiger charge is -2.22. The fourth-order valence-electron chi connectivity index (χ4n) is 11.9. The van der Waals surface area contributed by atoms with Gasteiger partial charge < -0.3 is 20.3 Å². The van der Waals surface area contributed by atoms with Gasteiger partial charge in [0.2, 0.25) is 5.91 Å². The monoisotopic (exact) mass is 1170 g/mol. The number of rotatable bonds is 71. The molecule has 2 unspecified atom stereocenters. The molecule has 6 heteroatoms. The molecule has 3 N–H and O–H groups in total. The number of hydrogen-bond acceptors (Lipinski definition) is 5. The first-order valence-electron chi connectivity index (χ1n) is 37.7. The van der Waals surface area contributed by atoms with Gasteiger partial charge in [-0.05, 0) is 77.0 Å². The van der Waals surface area contributed by atoms with Gasteiger partial charge in [-0.1, -0.05) is 365 Å². The van der Waals surface area contributed by atoms with Crippen LogP contribution in [0.2, 0.25) is 0 Å². The van der Waals surface area contributed by atoms with Crippen molar-refractivity contribution in [3.05, 3.63) is 36.5 Å². The van der Waals surface area contributed by atoms with Gasteiger partial charge in [-0.3, -0.25) is 9.59 Å². The summed E-state index contributed by atoms with van der Waals surface area (Å²) in [4.78, 5) is 24.6. The van der Waals surface area contributed by atoms with Crippen LogP contribution in [0.25, 0.3) is 0 Å². The van der Waals surface area contributed by atoms with Crippen molar-refractivity contribution in [3.8, 4) is 0 Å². The average molecular weight is 1170 g/mol. The summed E-state index contributed by atoms with van der Waals surface area (Å²) in [5, 5.41) is 23.5. The van der Waals surface area contributed by atoms with E-state index in [-0.39, 0.29) is 18.5 Å². The van der Waals surface area contributed by atoms with Crippen molar-refractivity contribution in [1.82, 2.24) is 5.32 Å². The summed E-state index contributed by atoms with van der Waals surface area (Å²) in [6.45, 7) is 4.95. The Morgan fingerprint density at radius 3 is 0.964 bits per heavy atom. The van der Waals surface area contributed by atoms with Gasteiger partial charge in [-0.15, -0.1) is 0 Å². The van der Waals surface area contributed by atoms with Crippen molar-refractivity contribution in [1.29, 1.82) is 0 Å². The number of aliphatic hydroxyl groups is 2. The molecule has 0 aliphatic heterocycles. The van der Waals surface area contributed by atoms with Crippen LogP contribution in [0.1, 0.15) is 418 Å². The average Bonchev–Trinajstić information content (AvgIpc) is 3.49. The highest BCUT2D eigenvalue weighted by Gasteiger charge is 2.20. The van der Waals surface area contributed by atoms with Gasteiger partial charge in [0.15, 0.2) is 0 Å². The lowest BCUT2D eigenvalue weighted by Crippen LogP contribution is -2.45. The molecule has 0 aliphatic rings. The quantitative estimate of drug-likeness (QED) is 0.0320. The maximum absolute atomic E-state index is 12.6. The number of esters is 1. The van der Waals surface area contributed by atoms with E-state index < -0.39 is 12.1 Å². The lowest BCUT2D eigenvalue weighted by atomic mass is 10.0. The molecule has 0 heterocycles. The number of carbonyl (C=O) groups is 2. The van der Waals surface area contributed by atoms with Crippen molar-refractivity contribution in [2.24, 2.45) is 0 Å². The first-order valence-corrected chi connectivity index (χ1v) is 37.7. The topological polar surface area (TPSA) is 95.9 Å². The van der Waals surface area contributed by atoms with Crippen molar-refractivity contribution >= 4 is 11.9 Å². The van der Waals surface area contributed by atoms with Crippen LogP contribution in [0.3, 0.4) is 0 Å². The van der Waals surface area contributed by atoms with Crippen LogP contribution in [-0.2, 0) is 14.3 Å². The summed E-state index contributed by atoms with van der Waals surface area (Å²) in [5.41, 5.74) is 0. The second-order valence-corrected chi connectivity index (χ2v) is 26.0. The molecule has 0 aromatic carbocycles. The Balaban J connectivity index is 3.39. The number of carbonyl (C=O) groups excluding carboxylic acids is 2. The Morgan fingerprint density at radius 2 is 0.614 bits per heavy atom. The largest absolute Gasteiger partial charge is 0.466 e. The summed E-state index contributed by atoms with van der Waals surface area (Å²) < 4.78 is 5.46. The summed E-state index contributed by atoms with van der Waals surface area (Å²) in [5.74, 6) is -0.0248. The molecule has 0 saturated carbocycles. The molecule has 490 valence electrons. The van der Waals surface area contributed by atoms with Gasteiger partial charge in [0.1, 0.15) is 0 Å². The molecular weight excluding hydrogens is 1020 g/mol. The molecule has 0 aromatic heterocycles. The fourth-order valence-corrected chi connectivity index (χ4v) is 11.9. The number of aliphatic hydroxyl groups excluding tert-OH is 2. The van der Waals surface area contributed by atoms with Crippen molar-refractivity contribution in [2.75, 3.05) is 13.2 Å². The van der Waals surface area contributed by atoms with Crippen LogP contribution in [-0.4, -0.2) is 47.4 Å². The van der Waals surface area contributed by atoms with E-state index >= 15 is 0 Å². The minimum absolute atomic E-state index is 0.00350. The Morgan fingerprint density at radius 1 is 0.337 bits per heavy atom. The second-order valence-electron chi connectivity index (χ2n) is 26.0. The van der Waals surface area contributed by atoms with Crippen LogP contribution >= 0.6 is 0 Å². The van der Waals surface area contributed by atoms with E-state index in [9.17, 15) is 19.8 Å². The van der Waals surface area contributed by atoms with E-state index in [4.69, 9.17) is 4.74 Å². The van der Waals surface area contributed by atoms with Crippen molar-refractivity contribution < 1.29 is 24.5 Å². The second kappa shape index (κ2) is 72.6. The molecule has 0 fully saturated rings. The molecule has 6 nitrogen and oxygen atoms in total. The van der Waals surface area contributed by atoms with Gasteiger partial charge >= 0.3 is 5.97 Å².